The first kappa shape index (κ1) is 18.9. The highest BCUT2D eigenvalue weighted by molar-refractivity contribution is 5.96. The number of benzene rings is 1. The van der Waals surface area contributed by atoms with Crippen LogP contribution in [0.1, 0.15) is 16.8 Å². The fraction of sp³-hybridized carbons (Fsp3) is 0.368. The van der Waals surface area contributed by atoms with Crippen LogP contribution in [0.3, 0.4) is 0 Å². The number of carbonyl (C=O) groups is 1. The molecule has 27 heavy (non-hydrogen) atoms. The lowest BCUT2D eigenvalue weighted by Gasteiger charge is -2.21. The Bertz CT molecular complexity index is 788. The number of anilines is 1. The largest absolute Gasteiger partial charge is 0.495 e. The van der Waals surface area contributed by atoms with E-state index in [2.05, 4.69) is 15.2 Å². The van der Waals surface area contributed by atoms with Crippen LogP contribution in [0.5, 0.6) is 11.6 Å². The van der Waals surface area contributed by atoms with Crippen LogP contribution in [-0.4, -0.2) is 50.2 Å². The lowest BCUT2D eigenvalue weighted by atomic mass is 10.2. The van der Waals surface area contributed by atoms with Gasteiger partial charge in [0.25, 0.3) is 12.3 Å². The van der Waals surface area contributed by atoms with Gasteiger partial charge in [-0.05, 0) is 30.7 Å². The first-order chi connectivity index (χ1) is 13.1. The zero-order chi connectivity index (χ0) is 19.2. The van der Waals surface area contributed by atoms with Gasteiger partial charge in [-0.25, -0.2) is 13.8 Å². The summed E-state index contributed by atoms with van der Waals surface area (Å²) >= 11 is 0. The van der Waals surface area contributed by atoms with Crippen molar-refractivity contribution >= 4 is 11.6 Å². The summed E-state index contributed by atoms with van der Waals surface area (Å²) < 4.78 is 35.1. The van der Waals surface area contributed by atoms with Gasteiger partial charge in [-0.2, -0.15) is 0 Å². The molecule has 2 heterocycles. The Hall–Kier alpha value is -2.90. The maximum absolute atomic E-state index is 12.6. The standard InChI is InChI=1S/C19H21F2N3O3/c1-26-16-7-3-2-6-15(16)24-10-8-13(11-24)23-18(25)14-5-4-9-22-19(14)27-12-17(20)21/h2-7,9,13,17H,8,10-12H2,1H3,(H,23,25). The highest BCUT2D eigenvalue weighted by atomic mass is 19.3. The second-order valence-corrected chi connectivity index (χ2v) is 6.14. The lowest BCUT2D eigenvalue weighted by Crippen LogP contribution is -2.37. The predicted octanol–water partition coefficient (Wildman–Crippen LogP) is 2.74. The van der Waals surface area contributed by atoms with E-state index in [1.807, 2.05) is 24.3 Å². The van der Waals surface area contributed by atoms with Gasteiger partial charge < -0.3 is 19.7 Å². The smallest absolute Gasteiger partial charge is 0.272 e. The van der Waals surface area contributed by atoms with Gasteiger partial charge in [-0.1, -0.05) is 12.1 Å². The number of halogens is 2. The number of carbonyl (C=O) groups excluding carboxylic acids is 1. The number of aromatic nitrogens is 1. The average molecular weight is 377 g/mol. The summed E-state index contributed by atoms with van der Waals surface area (Å²) in [7, 11) is 1.62. The molecule has 8 heteroatoms. The molecule has 2 aromatic rings. The fourth-order valence-corrected chi connectivity index (χ4v) is 3.07. The van der Waals surface area contributed by atoms with Crippen LogP contribution in [0, 0.1) is 0 Å². The fourth-order valence-electron chi connectivity index (χ4n) is 3.07. The van der Waals surface area contributed by atoms with Gasteiger partial charge in [0.1, 0.15) is 11.3 Å². The number of nitrogens with zero attached hydrogens (tertiary/aromatic N) is 2. The number of ether oxygens (including phenoxy) is 2. The molecule has 1 saturated heterocycles. The van der Waals surface area contributed by atoms with E-state index in [0.717, 1.165) is 24.4 Å². The molecule has 0 saturated carbocycles. The van der Waals surface area contributed by atoms with E-state index >= 15 is 0 Å². The number of nitrogens with one attached hydrogen (secondary N) is 1. The van der Waals surface area contributed by atoms with Gasteiger partial charge in [0.2, 0.25) is 5.88 Å². The van der Waals surface area contributed by atoms with Crippen LogP contribution in [0.15, 0.2) is 42.6 Å². The Morgan fingerprint density at radius 2 is 2.15 bits per heavy atom. The number of para-hydroxylation sites is 2. The van der Waals surface area contributed by atoms with E-state index in [-0.39, 0.29) is 23.4 Å². The molecule has 3 rings (SSSR count). The molecule has 6 nitrogen and oxygen atoms in total. The van der Waals surface area contributed by atoms with Crippen molar-refractivity contribution in [2.45, 2.75) is 18.9 Å². The van der Waals surface area contributed by atoms with Crippen molar-refractivity contribution in [3.05, 3.63) is 48.2 Å². The van der Waals surface area contributed by atoms with Crippen LogP contribution in [0.4, 0.5) is 14.5 Å². The molecule has 144 valence electrons. The summed E-state index contributed by atoms with van der Waals surface area (Å²) in [4.78, 5) is 18.6. The minimum atomic E-state index is -2.63. The Balaban J connectivity index is 1.64. The molecule has 1 amide bonds. The van der Waals surface area contributed by atoms with Crippen molar-refractivity contribution in [1.82, 2.24) is 10.3 Å². The molecule has 1 aromatic carbocycles. The number of alkyl halides is 2. The zero-order valence-electron chi connectivity index (χ0n) is 14.9. The molecule has 1 aliphatic rings. The summed E-state index contributed by atoms with van der Waals surface area (Å²) in [5.41, 5.74) is 1.12. The predicted molar refractivity (Wildman–Crippen MR) is 96.8 cm³/mol. The number of amides is 1. The summed E-state index contributed by atoms with van der Waals surface area (Å²) in [6.07, 6.45) is -0.472. The van der Waals surface area contributed by atoms with E-state index in [0.29, 0.717) is 6.54 Å². The number of rotatable bonds is 7. The van der Waals surface area contributed by atoms with Gasteiger partial charge in [0.15, 0.2) is 6.61 Å². The molecule has 0 bridgehead atoms. The van der Waals surface area contributed by atoms with Gasteiger partial charge in [0.05, 0.1) is 12.8 Å². The first-order valence-corrected chi connectivity index (χ1v) is 8.63. The molecule has 0 spiro atoms. The summed E-state index contributed by atoms with van der Waals surface area (Å²) in [6, 6.07) is 10.7. The average Bonchev–Trinajstić information content (AvgIpc) is 3.14. The third kappa shape index (κ3) is 4.64. The zero-order valence-corrected chi connectivity index (χ0v) is 14.9. The lowest BCUT2D eigenvalue weighted by molar-refractivity contribution is 0.0771. The van der Waals surface area contributed by atoms with E-state index < -0.39 is 13.0 Å². The molecule has 1 fully saturated rings. The number of methoxy groups -OCH3 is 1. The second kappa shape index (κ2) is 8.66. The van der Waals surface area contributed by atoms with Crippen LogP contribution in [0.2, 0.25) is 0 Å². The van der Waals surface area contributed by atoms with Crippen LogP contribution < -0.4 is 19.7 Å². The van der Waals surface area contributed by atoms with Crippen molar-refractivity contribution in [3.63, 3.8) is 0 Å². The number of hydrogen-bond donors (Lipinski definition) is 1. The van der Waals surface area contributed by atoms with E-state index in [9.17, 15) is 13.6 Å². The van der Waals surface area contributed by atoms with Crippen molar-refractivity contribution < 1.29 is 23.0 Å². The normalized spacial score (nSPS) is 16.4. The van der Waals surface area contributed by atoms with Gasteiger partial charge >= 0.3 is 0 Å². The summed E-state index contributed by atoms with van der Waals surface area (Å²) in [5.74, 6) is 0.300. The highest BCUT2D eigenvalue weighted by Crippen LogP contribution is 2.30. The van der Waals surface area contributed by atoms with Gasteiger partial charge in [-0.3, -0.25) is 4.79 Å². The van der Waals surface area contributed by atoms with Crippen molar-refractivity contribution in [3.8, 4) is 11.6 Å². The van der Waals surface area contributed by atoms with E-state index in [1.165, 1.54) is 12.3 Å². The monoisotopic (exact) mass is 377 g/mol. The van der Waals surface area contributed by atoms with E-state index in [1.54, 1.807) is 13.2 Å². The topological polar surface area (TPSA) is 63.7 Å². The molecule has 1 aliphatic heterocycles. The molecular formula is C19H21F2N3O3. The quantitative estimate of drug-likeness (QED) is 0.804. The Morgan fingerprint density at radius 1 is 1.33 bits per heavy atom. The second-order valence-electron chi connectivity index (χ2n) is 6.14. The molecule has 1 atom stereocenters. The minimum Gasteiger partial charge on any atom is -0.495 e. The number of hydrogen-bond acceptors (Lipinski definition) is 5. The molecular weight excluding hydrogens is 356 g/mol. The van der Waals surface area contributed by atoms with Crippen molar-refractivity contribution in [2.24, 2.45) is 0 Å². The third-order valence-corrected chi connectivity index (χ3v) is 4.31. The SMILES string of the molecule is COc1ccccc1N1CCC(NC(=O)c2cccnc2OCC(F)F)C1. The minimum absolute atomic E-state index is 0.0782. The van der Waals surface area contributed by atoms with Crippen molar-refractivity contribution in [2.75, 3.05) is 31.7 Å². The molecule has 0 aliphatic carbocycles. The highest BCUT2D eigenvalue weighted by Gasteiger charge is 2.27. The maximum Gasteiger partial charge on any atom is 0.272 e. The first-order valence-electron chi connectivity index (χ1n) is 8.63. The Kier molecular flexibility index (Phi) is 6.05. The van der Waals surface area contributed by atoms with Gasteiger partial charge in [0, 0.05) is 25.3 Å². The summed E-state index contributed by atoms with van der Waals surface area (Å²) in [5, 5.41) is 2.93. The van der Waals surface area contributed by atoms with Gasteiger partial charge in [-0.15, -0.1) is 0 Å². The molecule has 1 unspecified atom stereocenters. The molecule has 0 radical (unpaired) electrons. The van der Waals surface area contributed by atoms with Crippen LogP contribution in [0.25, 0.3) is 0 Å². The Labute approximate surface area is 156 Å². The molecule has 1 N–H and O–H groups in total. The van der Waals surface area contributed by atoms with Crippen LogP contribution in [-0.2, 0) is 0 Å². The molecule has 1 aromatic heterocycles. The maximum atomic E-state index is 12.6. The number of pyridine rings is 1. The summed E-state index contributed by atoms with van der Waals surface area (Å²) in [6.45, 7) is 0.592. The van der Waals surface area contributed by atoms with Crippen molar-refractivity contribution in [1.29, 1.82) is 0 Å². The van der Waals surface area contributed by atoms with E-state index in [4.69, 9.17) is 9.47 Å². The third-order valence-electron chi connectivity index (χ3n) is 4.31. The Morgan fingerprint density at radius 3 is 2.93 bits per heavy atom. The van der Waals surface area contributed by atoms with Crippen LogP contribution >= 0.6 is 0 Å².